The van der Waals surface area contributed by atoms with E-state index < -0.39 is 128 Å². The van der Waals surface area contributed by atoms with Crippen LogP contribution in [0, 0.1) is 50.2 Å². The Morgan fingerprint density at radius 3 is 2.03 bits per heavy atom. The van der Waals surface area contributed by atoms with Crippen molar-refractivity contribution < 1.29 is 84.3 Å². The predicted octanol–water partition coefficient (Wildman–Crippen LogP) is 1.34. The number of carbonyl (C=O) groups is 1. The minimum Gasteiger partial charge on any atom is -0.481 e. The van der Waals surface area contributed by atoms with Crippen LogP contribution in [0.5, 0.6) is 0 Å². The van der Waals surface area contributed by atoms with Gasteiger partial charge in [0.1, 0.15) is 61.0 Å². The minimum absolute atomic E-state index is 0.0294. The van der Waals surface area contributed by atoms with Gasteiger partial charge in [0.05, 0.1) is 36.9 Å². The maximum absolute atomic E-state index is 13.1. The number of ether oxygens (including phenoxy) is 6. The van der Waals surface area contributed by atoms with Crippen LogP contribution in [0.2, 0.25) is 0 Å². The van der Waals surface area contributed by atoms with Gasteiger partial charge in [-0.1, -0.05) is 60.1 Å². The molecule has 3 aliphatic heterocycles. The Bertz CT molecular complexity index is 1760. The molecular weight excluding hydrogens is 837 g/mol. The van der Waals surface area contributed by atoms with E-state index >= 15 is 0 Å². The van der Waals surface area contributed by atoms with Gasteiger partial charge >= 0.3 is 5.97 Å². The number of aliphatic carboxylic acids is 1. The van der Waals surface area contributed by atoms with E-state index in [1.54, 1.807) is 0 Å². The topological polar surface area (TPSA) is 275 Å². The van der Waals surface area contributed by atoms with Gasteiger partial charge in [-0.15, -0.1) is 0 Å². The minimum atomic E-state index is -1.78. The maximum Gasteiger partial charge on any atom is 0.310 e. The molecule has 8 aliphatic rings. The smallest absolute Gasteiger partial charge is 0.310 e. The third kappa shape index (κ3) is 7.49. The number of aliphatic hydroxyl groups is 9. The molecule has 5 aliphatic carbocycles. The molecule has 0 aromatic carbocycles. The number of hydrogen-bond acceptors (Lipinski definition) is 16. The van der Waals surface area contributed by atoms with E-state index in [9.17, 15) is 55.9 Å². The fourth-order valence-electron chi connectivity index (χ4n) is 14.9. The molecule has 7 fully saturated rings. The highest BCUT2D eigenvalue weighted by molar-refractivity contribution is 5.76. The van der Waals surface area contributed by atoms with Crippen LogP contribution < -0.4 is 0 Å². The molecule has 64 heavy (non-hydrogen) atoms. The van der Waals surface area contributed by atoms with Crippen molar-refractivity contribution in [3.8, 4) is 0 Å². The van der Waals surface area contributed by atoms with E-state index in [2.05, 4.69) is 54.5 Å². The lowest BCUT2D eigenvalue weighted by atomic mass is 9.33. The first-order chi connectivity index (χ1) is 29.8. The van der Waals surface area contributed by atoms with Crippen LogP contribution in [-0.4, -0.2) is 168 Å². The van der Waals surface area contributed by atoms with Gasteiger partial charge in [-0.25, -0.2) is 0 Å². The maximum atomic E-state index is 13.1. The summed E-state index contributed by atoms with van der Waals surface area (Å²) in [5.41, 5.74) is -0.890. The second-order valence-corrected chi connectivity index (χ2v) is 23.2. The van der Waals surface area contributed by atoms with Gasteiger partial charge in [0.15, 0.2) is 18.9 Å². The predicted molar refractivity (Wildman–Crippen MR) is 225 cm³/mol. The highest BCUT2D eigenvalue weighted by Crippen LogP contribution is 2.76. The first kappa shape index (κ1) is 49.0. The molecule has 3 saturated heterocycles. The Labute approximate surface area is 376 Å². The summed E-state index contributed by atoms with van der Waals surface area (Å²) in [5, 5.41) is 109. The SMILES string of the molecule is CC1OC(OC2C(OC3C(OC4C(O)CC5(C)C(CCC6(C)C5CC=C5C7CC(C)(C)CCC7(C(=O)O)CCC56C)C4(C)C)OC(CO)C(O)C3O)OCC(O)C2O)C(O)C(O)C1O. The molecule has 23 unspecified atom stereocenters. The molecule has 0 radical (unpaired) electrons. The summed E-state index contributed by atoms with van der Waals surface area (Å²) in [4.78, 5) is 13.1. The van der Waals surface area contributed by atoms with E-state index in [1.807, 2.05) is 0 Å². The highest BCUT2D eigenvalue weighted by Gasteiger charge is 2.71. The molecule has 366 valence electrons. The standard InChI is InChI=1S/C47H76O17/c1-21-29(51)32(54)34(56)38(60-21)62-35-30(52)25(50)20-59-39(35)63-36-33(55)31(53)26(19-48)61-40(36)64-37-24(49)18-44(6)27(43(37,4)5)11-12-46(8)28(44)10-9-22-23-17-42(2,3)13-15-47(23,41(57)58)16-14-45(22,46)7/h9,21,23-40,48-56H,10-20H2,1-8H3,(H,57,58). The summed E-state index contributed by atoms with van der Waals surface area (Å²) in [6.07, 6.45) is -14.7. The summed E-state index contributed by atoms with van der Waals surface area (Å²) in [6.45, 7) is 16.0. The molecule has 0 aromatic heterocycles. The number of aliphatic hydroxyl groups excluding tert-OH is 9. The van der Waals surface area contributed by atoms with Crippen LogP contribution >= 0.6 is 0 Å². The molecule has 0 spiro atoms. The third-order valence-corrected chi connectivity index (χ3v) is 18.9. The average Bonchev–Trinajstić information content (AvgIpc) is 3.22. The zero-order chi connectivity index (χ0) is 46.9. The van der Waals surface area contributed by atoms with Gasteiger partial charge in [0, 0.05) is 0 Å². The molecule has 0 aromatic rings. The number of carboxylic acids is 1. The van der Waals surface area contributed by atoms with Crippen LogP contribution in [0.4, 0.5) is 0 Å². The van der Waals surface area contributed by atoms with Crippen molar-refractivity contribution in [2.45, 2.75) is 211 Å². The van der Waals surface area contributed by atoms with Crippen LogP contribution in [0.3, 0.4) is 0 Å². The molecule has 10 N–H and O–H groups in total. The van der Waals surface area contributed by atoms with Crippen molar-refractivity contribution in [1.82, 2.24) is 0 Å². The molecule has 3 heterocycles. The zero-order valence-corrected chi connectivity index (χ0v) is 38.7. The van der Waals surface area contributed by atoms with Crippen molar-refractivity contribution in [2.75, 3.05) is 13.2 Å². The summed E-state index contributed by atoms with van der Waals surface area (Å²) in [6, 6.07) is 0. The molecular formula is C47H76O17. The summed E-state index contributed by atoms with van der Waals surface area (Å²) < 4.78 is 36.4. The van der Waals surface area contributed by atoms with Crippen LogP contribution in [0.1, 0.15) is 113 Å². The molecule has 17 heteroatoms. The van der Waals surface area contributed by atoms with Gasteiger partial charge < -0.3 is 79.5 Å². The zero-order valence-electron chi connectivity index (χ0n) is 38.7. The van der Waals surface area contributed by atoms with E-state index in [0.29, 0.717) is 19.3 Å². The summed E-state index contributed by atoms with van der Waals surface area (Å²) in [5.74, 6) is -0.515. The lowest BCUT2D eigenvalue weighted by molar-refractivity contribution is -0.391. The normalized spacial score (nSPS) is 54.6. The second-order valence-electron chi connectivity index (χ2n) is 23.2. The first-order valence-electron chi connectivity index (χ1n) is 23.7. The Balaban J connectivity index is 1.06. The number of allylic oxidation sites excluding steroid dienone is 2. The van der Waals surface area contributed by atoms with Gasteiger partial charge in [0.2, 0.25) is 0 Å². The van der Waals surface area contributed by atoms with E-state index in [-0.39, 0.29) is 39.4 Å². The fourth-order valence-corrected chi connectivity index (χ4v) is 14.9. The van der Waals surface area contributed by atoms with E-state index in [1.165, 1.54) is 12.5 Å². The Kier molecular flexibility index (Phi) is 13.0. The number of rotatable bonds is 8. The van der Waals surface area contributed by atoms with Crippen molar-refractivity contribution in [1.29, 1.82) is 0 Å². The van der Waals surface area contributed by atoms with Gasteiger partial charge in [-0.3, -0.25) is 4.79 Å². The lowest BCUT2D eigenvalue weighted by Gasteiger charge is -2.71. The Hall–Kier alpha value is -1.39. The monoisotopic (exact) mass is 913 g/mol. The summed E-state index contributed by atoms with van der Waals surface area (Å²) in [7, 11) is 0. The number of hydrogen-bond donors (Lipinski definition) is 10. The average molecular weight is 913 g/mol. The third-order valence-electron chi connectivity index (χ3n) is 18.9. The number of fused-ring (bicyclic) bond motifs is 7. The van der Waals surface area contributed by atoms with Crippen molar-refractivity contribution >= 4 is 5.97 Å². The second kappa shape index (κ2) is 16.9. The highest BCUT2D eigenvalue weighted by atomic mass is 16.8. The van der Waals surface area contributed by atoms with Gasteiger partial charge in [0.25, 0.3) is 0 Å². The molecule has 0 bridgehead atoms. The summed E-state index contributed by atoms with van der Waals surface area (Å²) >= 11 is 0. The Morgan fingerprint density at radius 2 is 1.36 bits per heavy atom. The van der Waals surface area contributed by atoms with Crippen molar-refractivity contribution in [3.05, 3.63) is 11.6 Å². The van der Waals surface area contributed by atoms with Gasteiger partial charge in [-0.2, -0.15) is 0 Å². The molecule has 17 nitrogen and oxygen atoms in total. The molecule has 4 saturated carbocycles. The fraction of sp³-hybridized carbons (Fsp3) is 0.936. The number of carboxylic acid groups (broad SMARTS) is 1. The van der Waals surface area contributed by atoms with Gasteiger partial charge in [-0.05, 0) is 110 Å². The van der Waals surface area contributed by atoms with Crippen LogP contribution in [-0.2, 0) is 33.2 Å². The molecule has 23 atom stereocenters. The van der Waals surface area contributed by atoms with Crippen LogP contribution in [0.15, 0.2) is 11.6 Å². The molecule has 8 rings (SSSR count). The van der Waals surface area contributed by atoms with Crippen LogP contribution in [0.25, 0.3) is 0 Å². The lowest BCUT2D eigenvalue weighted by Crippen LogP contribution is -2.69. The Morgan fingerprint density at radius 1 is 0.703 bits per heavy atom. The van der Waals surface area contributed by atoms with E-state index in [4.69, 9.17) is 28.4 Å². The first-order valence-corrected chi connectivity index (χ1v) is 23.7. The van der Waals surface area contributed by atoms with Crippen molar-refractivity contribution in [2.24, 2.45) is 50.2 Å². The quantitative estimate of drug-likeness (QED) is 0.122. The van der Waals surface area contributed by atoms with Crippen molar-refractivity contribution in [3.63, 3.8) is 0 Å². The van der Waals surface area contributed by atoms with E-state index in [0.717, 1.165) is 38.5 Å². The largest absolute Gasteiger partial charge is 0.481 e. The molecule has 0 amide bonds.